The minimum atomic E-state index is 0.951. The number of nitrogens with zero attached hydrogens (tertiary/aromatic N) is 2. The van der Waals surface area contributed by atoms with Crippen LogP contribution in [0.4, 0.5) is 0 Å². The first-order chi connectivity index (χ1) is 20.4. The van der Waals surface area contributed by atoms with Crippen LogP contribution in [-0.4, -0.2) is 9.55 Å². The summed E-state index contributed by atoms with van der Waals surface area (Å²) in [5.74, 6) is 0.951. The van der Waals surface area contributed by atoms with Crippen molar-refractivity contribution < 1.29 is 0 Å². The molecule has 1 aromatic heterocycles. The molecule has 0 aliphatic rings. The molecule has 9 rings (SSSR count). The normalized spacial score (nSPS) is 11.9. The highest BCUT2D eigenvalue weighted by molar-refractivity contribution is 6.33. The summed E-state index contributed by atoms with van der Waals surface area (Å²) in [5, 5.41) is 12.6. The summed E-state index contributed by atoms with van der Waals surface area (Å²) in [7, 11) is 0. The molecule has 0 N–H and O–H groups in total. The number of aromatic nitrogens is 2. The van der Waals surface area contributed by atoms with Crippen LogP contribution in [0.15, 0.2) is 146 Å². The Kier molecular flexibility index (Phi) is 4.64. The van der Waals surface area contributed by atoms with Gasteiger partial charge in [-0.3, -0.25) is 4.57 Å². The van der Waals surface area contributed by atoms with E-state index in [1.165, 1.54) is 53.9 Å². The number of benzene rings is 7. The van der Waals surface area contributed by atoms with Gasteiger partial charge in [-0.2, -0.15) is 0 Å². The molecule has 1 heterocycles. The van der Waals surface area contributed by atoms with Gasteiger partial charge in [-0.05, 0) is 61.3 Å². The lowest BCUT2D eigenvalue weighted by Crippen LogP contribution is -2.00. The van der Waals surface area contributed by atoms with E-state index in [1.807, 2.05) is 0 Å². The van der Waals surface area contributed by atoms with Gasteiger partial charge in [0.25, 0.3) is 0 Å². The van der Waals surface area contributed by atoms with Crippen LogP contribution in [0.2, 0.25) is 0 Å². The van der Waals surface area contributed by atoms with E-state index in [2.05, 4.69) is 150 Å². The third kappa shape index (κ3) is 3.16. The average molecular weight is 521 g/mol. The van der Waals surface area contributed by atoms with E-state index >= 15 is 0 Å². The maximum absolute atomic E-state index is 5.16. The van der Waals surface area contributed by atoms with Crippen molar-refractivity contribution in [2.45, 2.75) is 0 Å². The molecule has 0 aliphatic carbocycles. The van der Waals surface area contributed by atoms with E-state index < -0.39 is 0 Å². The van der Waals surface area contributed by atoms with Gasteiger partial charge in [0.2, 0.25) is 0 Å². The molecule has 0 aliphatic heterocycles. The van der Waals surface area contributed by atoms with Crippen LogP contribution in [0.1, 0.15) is 0 Å². The van der Waals surface area contributed by atoms with Crippen molar-refractivity contribution in [3.63, 3.8) is 0 Å². The van der Waals surface area contributed by atoms with E-state index in [9.17, 15) is 0 Å². The molecule has 0 unspecified atom stereocenters. The standard InChI is InChI=1S/C39H24N2/c1-2-12-25(13-3-1)39-40-34-22-8-9-23-35(34)41(39)36-24-26-14-10-19-31-29-17-6-4-15-27(29)28-16-5-7-18-30(28)32-20-11-21-33(36)38(32)37(26)31/h1-24H. The minimum absolute atomic E-state index is 0.951. The fourth-order valence-electron chi connectivity index (χ4n) is 6.82. The maximum Gasteiger partial charge on any atom is 0.145 e. The number of hydrogen-bond acceptors (Lipinski definition) is 1. The van der Waals surface area contributed by atoms with Gasteiger partial charge in [-0.25, -0.2) is 4.98 Å². The zero-order valence-electron chi connectivity index (χ0n) is 22.3. The molecule has 2 nitrogen and oxygen atoms in total. The van der Waals surface area contributed by atoms with E-state index in [0.29, 0.717) is 0 Å². The Morgan fingerprint density at radius 1 is 0.415 bits per heavy atom. The van der Waals surface area contributed by atoms with Crippen LogP contribution in [0.5, 0.6) is 0 Å². The van der Waals surface area contributed by atoms with Crippen molar-refractivity contribution in [1.82, 2.24) is 9.55 Å². The van der Waals surface area contributed by atoms with Crippen molar-refractivity contribution >= 4 is 64.9 Å². The molecule has 0 bridgehead atoms. The van der Waals surface area contributed by atoms with Gasteiger partial charge in [-0.15, -0.1) is 0 Å². The number of para-hydroxylation sites is 2. The summed E-state index contributed by atoms with van der Waals surface area (Å²) in [6, 6.07) is 52.6. The molecule has 190 valence electrons. The Balaban J connectivity index is 1.57. The smallest absolute Gasteiger partial charge is 0.145 e. The van der Waals surface area contributed by atoms with Crippen LogP contribution in [0.25, 0.3) is 82.0 Å². The predicted octanol–water partition coefficient (Wildman–Crippen LogP) is 10.5. The maximum atomic E-state index is 5.16. The lowest BCUT2D eigenvalue weighted by atomic mass is 9.89. The number of fused-ring (bicyclic) bond motifs is 6. The molecule has 41 heavy (non-hydrogen) atoms. The van der Waals surface area contributed by atoms with Crippen molar-refractivity contribution in [2.24, 2.45) is 0 Å². The highest BCUT2D eigenvalue weighted by Gasteiger charge is 2.20. The Morgan fingerprint density at radius 2 is 0.951 bits per heavy atom. The van der Waals surface area contributed by atoms with Crippen molar-refractivity contribution in [1.29, 1.82) is 0 Å². The second-order valence-electron chi connectivity index (χ2n) is 10.7. The van der Waals surface area contributed by atoms with Gasteiger partial charge < -0.3 is 0 Å². The molecular weight excluding hydrogens is 496 g/mol. The van der Waals surface area contributed by atoms with Gasteiger partial charge in [0.1, 0.15) is 5.82 Å². The summed E-state index contributed by atoms with van der Waals surface area (Å²) in [4.78, 5) is 5.16. The van der Waals surface area contributed by atoms with Gasteiger partial charge in [0.15, 0.2) is 0 Å². The minimum Gasteiger partial charge on any atom is -0.292 e. The lowest BCUT2D eigenvalue weighted by molar-refractivity contribution is 1.12. The molecular formula is C39H24N2. The summed E-state index contributed by atoms with van der Waals surface area (Å²) in [6.07, 6.45) is 0. The van der Waals surface area contributed by atoms with Crippen molar-refractivity contribution in [3.8, 4) is 17.1 Å². The molecule has 0 amide bonds. The first kappa shape index (κ1) is 22.4. The number of imidazole rings is 1. The highest BCUT2D eigenvalue weighted by Crippen LogP contribution is 2.43. The molecule has 0 saturated carbocycles. The largest absolute Gasteiger partial charge is 0.292 e. The van der Waals surface area contributed by atoms with Gasteiger partial charge in [0, 0.05) is 16.3 Å². The summed E-state index contributed by atoms with van der Waals surface area (Å²) in [5.41, 5.74) is 4.34. The fourth-order valence-corrected chi connectivity index (χ4v) is 6.82. The van der Waals surface area contributed by atoms with E-state index in [4.69, 9.17) is 4.98 Å². The SMILES string of the molecule is c1ccc(-c2nc3ccccc3n2-c2cc3cccc4c5ccccc5c5ccccc5c5cccc2c5c34)cc1. The Labute approximate surface area is 236 Å². The molecule has 0 atom stereocenters. The van der Waals surface area contributed by atoms with Crippen LogP contribution >= 0.6 is 0 Å². The first-order valence-electron chi connectivity index (χ1n) is 14.1. The highest BCUT2D eigenvalue weighted by atomic mass is 15.1. The third-order valence-electron chi connectivity index (χ3n) is 8.54. The van der Waals surface area contributed by atoms with E-state index in [-0.39, 0.29) is 0 Å². The number of rotatable bonds is 2. The summed E-state index contributed by atoms with van der Waals surface area (Å²) in [6.45, 7) is 0. The molecule has 0 saturated heterocycles. The summed E-state index contributed by atoms with van der Waals surface area (Å²) < 4.78 is 2.36. The zero-order chi connectivity index (χ0) is 26.9. The monoisotopic (exact) mass is 520 g/mol. The van der Waals surface area contributed by atoms with E-state index in [0.717, 1.165) is 28.1 Å². The van der Waals surface area contributed by atoms with Gasteiger partial charge >= 0.3 is 0 Å². The van der Waals surface area contributed by atoms with Gasteiger partial charge in [-0.1, -0.05) is 127 Å². The molecule has 0 radical (unpaired) electrons. The van der Waals surface area contributed by atoms with E-state index in [1.54, 1.807) is 0 Å². The Morgan fingerprint density at radius 3 is 1.68 bits per heavy atom. The lowest BCUT2D eigenvalue weighted by Gasteiger charge is -2.18. The first-order valence-corrected chi connectivity index (χ1v) is 14.1. The summed E-state index contributed by atoms with van der Waals surface area (Å²) >= 11 is 0. The molecule has 9 aromatic rings. The van der Waals surface area contributed by atoms with Crippen molar-refractivity contribution in [3.05, 3.63) is 146 Å². The molecule has 0 fully saturated rings. The second kappa shape index (κ2) is 8.51. The van der Waals surface area contributed by atoms with Gasteiger partial charge in [0.05, 0.1) is 16.7 Å². The Bertz CT molecular complexity index is 2470. The van der Waals surface area contributed by atoms with Crippen LogP contribution < -0.4 is 0 Å². The molecule has 0 spiro atoms. The van der Waals surface area contributed by atoms with Crippen LogP contribution in [0.3, 0.4) is 0 Å². The Hall–Kier alpha value is -5.47. The fraction of sp³-hybridized carbons (Fsp3) is 0. The average Bonchev–Trinajstić information content (AvgIpc) is 3.43. The topological polar surface area (TPSA) is 17.8 Å². The molecule has 2 heteroatoms. The third-order valence-corrected chi connectivity index (χ3v) is 8.54. The zero-order valence-corrected chi connectivity index (χ0v) is 22.3. The van der Waals surface area contributed by atoms with Crippen molar-refractivity contribution in [2.75, 3.05) is 0 Å². The quantitative estimate of drug-likeness (QED) is 0.207. The molecule has 8 aromatic carbocycles. The second-order valence-corrected chi connectivity index (χ2v) is 10.7. The number of hydrogen-bond donors (Lipinski definition) is 0. The van der Waals surface area contributed by atoms with Crippen LogP contribution in [-0.2, 0) is 0 Å². The predicted molar refractivity (Wildman–Crippen MR) is 174 cm³/mol. The van der Waals surface area contributed by atoms with Crippen LogP contribution in [0, 0.1) is 0 Å².